The predicted molar refractivity (Wildman–Crippen MR) is 90.5 cm³/mol. The van der Waals surface area contributed by atoms with Gasteiger partial charge in [0, 0.05) is 11.4 Å². The van der Waals surface area contributed by atoms with E-state index in [0.717, 1.165) is 11.1 Å². The predicted octanol–water partition coefficient (Wildman–Crippen LogP) is 3.67. The first-order chi connectivity index (χ1) is 12.2. The summed E-state index contributed by atoms with van der Waals surface area (Å²) >= 11 is 5.98. The Hall–Kier alpha value is -2.80. The first-order valence-corrected chi connectivity index (χ1v) is 8.25. The van der Waals surface area contributed by atoms with E-state index in [1.807, 2.05) is 30.3 Å². The van der Waals surface area contributed by atoms with Crippen molar-refractivity contribution in [3.8, 4) is 5.95 Å². The highest BCUT2D eigenvalue weighted by atomic mass is 35.5. The number of rotatable bonds is 2. The average Bonchev–Trinajstić information content (AvgIpc) is 3.30. The van der Waals surface area contributed by atoms with Crippen LogP contribution in [0.15, 0.2) is 48.5 Å². The summed E-state index contributed by atoms with van der Waals surface area (Å²) in [4.78, 5) is 4.37. The number of benzene rings is 2. The molecule has 1 aliphatic rings. The van der Waals surface area contributed by atoms with E-state index >= 15 is 0 Å². The Balaban J connectivity index is 1.62. The van der Waals surface area contributed by atoms with Crippen LogP contribution < -0.4 is 0 Å². The van der Waals surface area contributed by atoms with Crippen LogP contribution in [0.2, 0.25) is 5.02 Å². The molecule has 2 aromatic carbocycles. The smallest absolute Gasteiger partial charge is 0.239 e. The summed E-state index contributed by atoms with van der Waals surface area (Å²) in [5.74, 6) is 0.629. The van der Waals surface area contributed by atoms with Gasteiger partial charge in [-0.25, -0.2) is 9.07 Å². The van der Waals surface area contributed by atoms with Gasteiger partial charge in [-0.1, -0.05) is 47.1 Å². The van der Waals surface area contributed by atoms with Gasteiger partial charge in [-0.3, -0.25) is 0 Å². The second kappa shape index (κ2) is 5.35. The van der Waals surface area contributed by atoms with Gasteiger partial charge in [0.05, 0.1) is 11.6 Å². The molecule has 8 heteroatoms. The van der Waals surface area contributed by atoms with E-state index in [-0.39, 0.29) is 6.04 Å². The molecule has 0 N–H and O–H groups in total. The zero-order valence-corrected chi connectivity index (χ0v) is 13.7. The summed E-state index contributed by atoms with van der Waals surface area (Å²) in [5, 5.41) is 13.3. The molecule has 0 amide bonds. The van der Waals surface area contributed by atoms with Crippen LogP contribution in [0.4, 0.5) is 4.39 Å². The number of aromatic nitrogens is 6. The van der Waals surface area contributed by atoms with Crippen LogP contribution >= 0.6 is 11.6 Å². The summed E-state index contributed by atoms with van der Waals surface area (Å²) < 4.78 is 17.6. The summed E-state index contributed by atoms with van der Waals surface area (Å²) in [6.07, 6.45) is -0.816. The van der Waals surface area contributed by atoms with Crippen molar-refractivity contribution in [1.82, 2.24) is 29.8 Å². The van der Waals surface area contributed by atoms with Crippen molar-refractivity contribution in [1.29, 1.82) is 0 Å². The molecule has 2 aromatic heterocycles. The van der Waals surface area contributed by atoms with E-state index in [9.17, 15) is 4.39 Å². The van der Waals surface area contributed by atoms with Crippen LogP contribution in [0.5, 0.6) is 0 Å². The van der Waals surface area contributed by atoms with Gasteiger partial charge >= 0.3 is 0 Å². The third-order valence-corrected chi connectivity index (χ3v) is 4.67. The van der Waals surface area contributed by atoms with Crippen LogP contribution in [-0.4, -0.2) is 29.8 Å². The lowest BCUT2D eigenvalue weighted by molar-refractivity contribution is 0.328. The minimum Gasteiger partial charge on any atom is -0.239 e. The number of alkyl halides is 1. The summed E-state index contributed by atoms with van der Waals surface area (Å²) in [6, 6.07) is 14.8. The van der Waals surface area contributed by atoms with Crippen molar-refractivity contribution in [2.45, 2.75) is 18.6 Å². The van der Waals surface area contributed by atoms with Gasteiger partial charge in [0.25, 0.3) is 5.95 Å². The Kier molecular flexibility index (Phi) is 3.11. The Morgan fingerprint density at radius 3 is 2.80 bits per heavy atom. The van der Waals surface area contributed by atoms with E-state index < -0.39 is 6.17 Å². The Labute approximate surface area is 146 Å². The van der Waals surface area contributed by atoms with Crippen molar-refractivity contribution in [3.05, 3.63) is 64.9 Å². The molecule has 0 bridgehead atoms. The number of hydrogen-bond acceptors (Lipinski definition) is 4. The monoisotopic (exact) mass is 354 g/mol. The second-order valence-electron chi connectivity index (χ2n) is 5.98. The Bertz CT molecular complexity index is 1070. The molecule has 0 aliphatic carbocycles. The van der Waals surface area contributed by atoms with Crippen molar-refractivity contribution < 1.29 is 4.39 Å². The normalized spacial score (nSPS) is 19.4. The highest BCUT2D eigenvalue weighted by Gasteiger charge is 2.35. The van der Waals surface area contributed by atoms with Crippen molar-refractivity contribution >= 4 is 22.6 Å². The molecule has 25 heavy (non-hydrogen) atoms. The van der Waals surface area contributed by atoms with E-state index in [1.165, 1.54) is 4.68 Å². The fourth-order valence-electron chi connectivity index (χ4n) is 3.25. The zero-order valence-electron chi connectivity index (χ0n) is 12.9. The molecule has 124 valence electrons. The molecule has 2 atom stereocenters. The molecule has 0 saturated heterocycles. The number of nitrogens with zero attached hydrogens (tertiary/aromatic N) is 6. The maximum absolute atomic E-state index is 14.5. The van der Waals surface area contributed by atoms with Crippen LogP contribution in [0, 0.1) is 0 Å². The molecule has 4 aromatic rings. The molecular formula is C17H12ClFN6. The third kappa shape index (κ3) is 2.23. The fourth-order valence-corrected chi connectivity index (χ4v) is 3.42. The molecular weight excluding hydrogens is 343 g/mol. The average molecular weight is 355 g/mol. The summed E-state index contributed by atoms with van der Waals surface area (Å²) in [5.41, 5.74) is 2.37. The van der Waals surface area contributed by atoms with Gasteiger partial charge in [0.2, 0.25) is 0 Å². The minimum atomic E-state index is -1.16. The second-order valence-corrected chi connectivity index (χ2v) is 6.42. The molecule has 1 aliphatic heterocycles. The van der Waals surface area contributed by atoms with Crippen molar-refractivity contribution in [2.24, 2.45) is 0 Å². The first kappa shape index (κ1) is 14.5. The highest BCUT2D eigenvalue weighted by Crippen LogP contribution is 2.39. The standard InChI is InChI=1S/C17H12ClFN6/c18-11-6-7-14-13(8-11)21-23-25(14)17-20-16-12(19)9-15(24(16)22-17)10-4-2-1-3-5-10/h1-8,12,15H,9H2/t12-,15-/m0/s1. The van der Waals surface area contributed by atoms with E-state index in [4.69, 9.17) is 11.6 Å². The first-order valence-electron chi connectivity index (χ1n) is 7.87. The van der Waals surface area contributed by atoms with Crippen LogP contribution in [0.1, 0.15) is 30.0 Å². The lowest BCUT2D eigenvalue weighted by Crippen LogP contribution is -2.08. The SMILES string of the molecule is F[C@H]1C[C@@H](c2ccccc2)n2nc(-n3nnc4cc(Cl)ccc43)nc21. The van der Waals surface area contributed by atoms with E-state index in [2.05, 4.69) is 20.4 Å². The van der Waals surface area contributed by atoms with Gasteiger partial charge in [0.1, 0.15) is 5.52 Å². The number of halogens is 2. The molecule has 0 radical (unpaired) electrons. The fraction of sp³-hybridized carbons (Fsp3) is 0.176. The van der Waals surface area contributed by atoms with Gasteiger partial charge < -0.3 is 0 Å². The molecule has 0 unspecified atom stereocenters. The summed E-state index contributed by atoms with van der Waals surface area (Å²) in [7, 11) is 0. The van der Waals surface area contributed by atoms with Crippen LogP contribution in [0.25, 0.3) is 17.0 Å². The lowest BCUT2D eigenvalue weighted by Gasteiger charge is -2.11. The highest BCUT2D eigenvalue weighted by molar-refractivity contribution is 6.31. The van der Waals surface area contributed by atoms with Crippen molar-refractivity contribution in [2.75, 3.05) is 0 Å². The molecule has 6 nitrogen and oxygen atoms in total. The Morgan fingerprint density at radius 2 is 1.96 bits per heavy atom. The van der Waals surface area contributed by atoms with Gasteiger partial charge in [-0.15, -0.1) is 10.2 Å². The Morgan fingerprint density at radius 1 is 1.12 bits per heavy atom. The molecule has 0 spiro atoms. The topological polar surface area (TPSA) is 61.4 Å². The minimum absolute atomic E-state index is 0.170. The molecule has 0 fully saturated rings. The van der Waals surface area contributed by atoms with Crippen LogP contribution in [0.3, 0.4) is 0 Å². The maximum Gasteiger partial charge on any atom is 0.271 e. The largest absolute Gasteiger partial charge is 0.271 e. The molecule has 5 rings (SSSR count). The van der Waals surface area contributed by atoms with E-state index in [0.29, 0.717) is 28.7 Å². The van der Waals surface area contributed by atoms with Gasteiger partial charge in [-0.2, -0.15) is 9.67 Å². The molecule has 3 heterocycles. The number of fused-ring (bicyclic) bond motifs is 2. The van der Waals surface area contributed by atoms with Gasteiger partial charge in [-0.05, 0) is 23.8 Å². The third-order valence-electron chi connectivity index (χ3n) is 4.43. The van der Waals surface area contributed by atoms with Gasteiger partial charge in [0.15, 0.2) is 12.0 Å². The molecule has 0 saturated carbocycles. The van der Waals surface area contributed by atoms with E-state index in [1.54, 1.807) is 22.9 Å². The maximum atomic E-state index is 14.5. The summed E-state index contributed by atoms with van der Waals surface area (Å²) in [6.45, 7) is 0. The zero-order chi connectivity index (χ0) is 17.0. The number of hydrogen-bond donors (Lipinski definition) is 0. The quantitative estimate of drug-likeness (QED) is 0.551. The van der Waals surface area contributed by atoms with Crippen molar-refractivity contribution in [3.63, 3.8) is 0 Å². The lowest BCUT2D eigenvalue weighted by atomic mass is 10.0. The van der Waals surface area contributed by atoms with Crippen LogP contribution in [-0.2, 0) is 0 Å².